The first-order valence-corrected chi connectivity index (χ1v) is 7.67. The summed E-state index contributed by atoms with van der Waals surface area (Å²) in [7, 11) is 2.21. The van der Waals surface area contributed by atoms with Gasteiger partial charge in [-0.2, -0.15) is 0 Å². The smallest absolute Gasteiger partial charge is 0.0148 e. The Kier molecular flexibility index (Phi) is 5.41. The molecule has 0 heterocycles. The van der Waals surface area contributed by atoms with E-state index in [2.05, 4.69) is 55.4 Å². The molecular weight excluding hydrogens is 232 g/mol. The van der Waals surface area contributed by atoms with E-state index in [9.17, 15) is 0 Å². The number of rotatable bonds is 7. The summed E-state index contributed by atoms with van der Waals surface area (Å²) in [4.78, 5) is 2.42. The Morgan fingerprint density at radius 2 is 1.79 bits per heavy atom. The highest BCUT2D eigenvalue weighted by Crippen LogP contribution is 2.21. The van der Waals surface area contributed by atoms with Gasteiger partial charge in [0.2, 0.25) is 0 Å². The number of hydrogen-bond donors (Lipinski definition) is 1. The Morgan fingerprint density at radius 3 is 2.37 bits per heavy atom. The third kappa shape index (κ3) is 4.32. The third-order valence-corrected chi connectivity index (χ3v) is 4.30. The molecule has 0 radical (unpaired) electrons. The quantitative estimate of drug-likeness (QED) is 0.758. The molecule has 1 aromatic rings. The minimum atomic E-state index is 0.664. The fraction of sp³-hybridized carbons (Fsp3) is 0.647. The van der Waals surface area contributed by atoms with Crippen molar-refractivity contribution in [2.75, 3.05) is 20.1 Å². The molecule has 0 aromatic heterocycles. The summed E-state index contributed by atoms with van der Waals surface area (Å²) in [6.45, 7) is 6.89. The van der Waals surface area contributed by atoms with Crippen molar-refractivity contribution in [2.24, 2.45) is 0 Å². The molecule has 0 atom stereocenters. The summed E-state index contributed by atoms with van der Waals surface area (Å²) in [6.07, 6.45) is 5.00. The molecule has 0 unspecified atom stereocenters. The average molecular weight is 260 g/mol. The third-order valence-electron chi connectivity index (χ3n) is 4.30. The van der Waals surface area contributed by atoms with Crippen molar-refractivity contribution in [1.29, 1.82) is 0 Å². The highest BCUT2D eigenvalue weighted by atomic mass is 15.1. The van der Waals surface area contributed by atoms with Gasteiger partial charge in [0.25, 0.3) is 0 Å². The van der Waals surface area contributed by atoms with Gasteiger partial charge >= 0.3 is 0 Å². The van der Waals surface area contributed by atoms with Crippen molar-refractivity contribution in [3.8, 4) is 0 Å². The summed E-state index contributed by atoms with van der Waals surface area (Å²) in [5.74, 6) is 0. The van der Waals surface area contributed by atoms with Crippen LogP contribution < -0.4 is 5.32 Å². The Hall–Kier alpha value is -0.860. The van der Waals surface area contributed by atoms with E-state index < -0.39 is 0 Å². The van der Waals surface area contributed by atoms with E-state index in [1.807, 2.05) is 0 Å². The van der Waals surface area contributed by atoms with Gasteiger partial charge in [0.15, 0.2) is 0 Å². The zero-order valence-corrected chi connectivity index (χ0v) is 12.7. The molecule has 2 heteroatoms. The molecule has 0 saturated heterocycles. The van der Waals surface area contributed by atoms with Crippen LogP contribution in [0.1, 0.15) is 37.8 Å². The lowest BCUT2D eigenvalue weighted by molar-refractivity contribution is 0.267. The second-order valence-electron chi connectivity index (χ2n) is 6.11. The molecule has 0 saturated carbocycles. The fourth-order valence-corrected chi connectivity index (χ4v) is 2.75. The molecule has 19 heavy (non-hydrogen) atoms. The molecule has 1 aromatic carbocycles. The molecule has 0 spiro atoms. The van der Waals surface area contributed by atoms with Gasteiger partial charge in [0.05, 0.1) is 0 Å². The SMILES string of the molecule is CC(C)N(C)CCCCNC1Cc2ccccc2C1. The highest BCUT2D eigenvalue weighted by molar-refractivity contribution is 5.33. The van der Waals surface area contributed by atoms with E-state index in [1.165, 1.54) is 32.2 Å². The molecule has 2 nitrogen and oxygen atoms in total. The van der Waals surface area contributed by atoms with Crippen molar-refractivity contribution >= 4 is 0 Å². The normalized spacial score (nSPS) is 15.4. The van der Waals surface area contributed by atoms with Crippen molar-refractivity contribution < 1.29 is 0 Å². The lowest BCUT2D eigenvalue weighted by Gasteiger charge is -2.21. The molecule has 0 amide bonds. The second-order valence-corrected chi connectivity index (χ2v) is 6.11. The van der Waals surface area contributed by atoms with Crippen LogP contribution >= 0.6 is 0 Å². The molecule has 1 N–H and O–H groups in total. The number of nitrogens with zero attached hydrogens (tertiary/aromatic N) is 1. The van der Waals surface area contributed by atoms with Crippen LogP contribution in [0.15, 0.2) is 24.3 Å². The second kappa shape index (κ2) is 7.06. The minimum Gasteiger partial charge on any atom is -0.313 e. The van der Waals surface area contributed by atoms with Crippen LogP contribution in [0, 0.1) is 0 Å². The Labute approximate surface area is 118 Å². The standard InChI is InChI=1S/C17H28N2/c1-14(2)19(3)11-7-6-10-18-17-12-15-8-4-5-9-16(15)13-17/h4-5,8-9,14,17-18H,6-7,10-13H2,1-3H3. The number of unbranched alkanes of at least 4 members (excludes halogenated alkanes) is 1. The van der Waals surface area contributed by atoms with Gasteiger partial charge in [0.1, 0.15) is 0 Å². The molecule has 0 fully saturated rings. The van der Waals surface area contributed by atoms with Gasteiger partial charge in [-0.05, 0) is 70.8 Å². The van der Waals surface area contributed by atoms with Crippen LogP contribution in [0.3, 0.4) is 0 Å². The molecular formula is C17H28N2. The van der Waals surface area contributed by atoms with Gasteiger partial charge in [-0.3, -0.25) is 0 Å². The monoisotopic (exact) mass is 260 g/mol. The van der Waals surface area contributed by atoms with Crippen molar-refractivity contribution in [1.82, 2.24) is 10.2 Å². The van der Waals surface area contributed by atoms with E-state index >= 15 is 0 Å². The van der Waals surface area contributed by atoms with Gasteiger partial charge in [-0.1, -0.05) is 24.3 Å². The summed E-state index contributed by atoms with van der Waals surface area (Å²) < 4.78 is 0. The van der Waals surface area contributed by atoms with Crippen molar-refractivity contribution in [3.63, 3.8) is 0 Å². The number of hydrogen-bond acceptors (Lipinski definition) is 2. The highest BCUT2D eigenvalue weighted by Gasteiger charge is 2.19. The molecule has 106 valence electrons. The topological polar surface area (TPSA) is 15.3 Å². The summed E-state index contributed by atoms with van der Waals surface area (Å²) in [5, 5.41) is 3.71. The number of nitrogens with one attached hydrogen (secondary N) is 1. The maximum atomic E-state index is 3.71. The van der Waals surface area contributed by atoms with Crippen LogP contribution in [0.5, 0.6) is 0 Å². The molecule has 0 bridgehead atoms. The van der Waals surface area contributed by atoms with Gasteiger partial charge in [-0.15, -0.1) is 0 Å². The largest absolute Gasteiger partial charge is 0.313 e. The molecule has 1 aliphatic rings. The average Bonchev–Trinajstić information content (AvgIpc) is 2.80. The van der Waals surface area contributed by atoms with Gasteiger partial charge in [0, 0.05) is 12.1 Å². The fourth-order valence-electron chi connectivity index (χ4n) is 2.75. The van der Waals surface area contributed by atoms with Crippen molar-refractivity contribution in [2.45, 2.75) is 51.6 Å². The minimum absolute atomic E-state index is 0.664. The van der Waals surface area contributed by atoms with Crippen LogP contribution in [-0.4, -0.2) is 37.1 Å². The first-order chi connectivity index (χ1) is 9.16. The van der Waals surface area contributed by atoms with Crippen LogP contribution in [0.4, 0.5) is 0 Å². The predicted molar refractivity (Wildman–Crippen MR) is 82.6 cm³/mol. The number of benzene rings is 1. The zero-order chi connectivity index (χ0) is 13.7. The van der Waals surface area contributed by atoms with E-state index in [1.54, 1.807) is 11.1 Å². The van der Waals surface area contributed by atoms with Crippen molar-refractivity contribution in [3.05, 3.63) is 35.4 Å². The van der Waals surface area contributed by atoms with E-state index in [-0.39, 0.29) is 0 Å². The van der Waals surface area contributed by atoms with E-state index in [0.717, 1.165) is 6.54 Å². The first-order valence-electron chi connectivity index (χ1n) is 7.67. The summed E-state index contributed by atoms with van der Waals surface area (Å²) in [5.41, 5.74) is 3.08. The zero-order valence-electron chi connectivity index (χ0n) is 12.7. The Bertz CT molecular complexity index is 362. The lowest BCUT2D eigenvalue weighted by Crippen LogP contribution is -2.31. The molecule has 1 aliphatic carbocycles. The summed E-state index contributed by atoms with van der Waals surface area (Å²) in [6, 6.07) is 10.2. The van der Waals surface area contributed by atoms with Gasteiger partial charge in [-0.25, -0.2) is 0 Å². The molecule has 0 aliphatic heterocycles. The number of fused-ring (bicyclic) bond motifs is 1. The van der Waals surface area contributed by atoms with Gasteiger partial charge < -0.3 is 10.2 Å². The lowest BCUT2D eigenvalue weighted by atomic mass is 10.1. The van der Waals surface area contributed by atoms with Crippen LogP contribution in [0.25, 0.3) is 0 Å². The maximum absolute atomic E-state index is 3.71. The predicted octanol–water partition coefficient (Wildman–Crippen LogP) is 2.86. The van der Waals surface area contributed by atoms with E-state index in [4.69, 9.17) is 0 Å². The van der Waals surface area contributed by atoms with E-state index in [0.29, 0.717) is 12.1 Å². The Morgan fingerprint density at radius 1 is 1.16 bits per heavy atom. The summed E-state index contributed by atoms with van der Waals surface area (Å²) >= 11 is 0. The molecule has 2 rings (SSSR count). The van der Waals surface area contributed by atoms with Crippen LogP contribution in [0.2, 0.25) is 0 Å². The first kappa shape index (κ1) is 14.5. The maximum Gasteiger partial charge on any atom is 0.0148 e. The Balaban J connectivity index is 1.59. The van der Waals surface area contributed by atoms with Crippen LogP contribution in [-0.2, 0) is 12.8 Å².